The number of hydrogen-bond donors (Lipinski definition) is 1. The Bertz CT molecular complexity index is 208. The van der Waals surface area contributed by atoms with Crippen LogP contribution in [-0.4, -0.2) is 61.7 Å². The lowest BCUT2D eigenvalue weighted by Gasteiger charge is -2.37. The van der Waals surface area contributed by atoms with E-state index in [1.54, 1.807) is 0 Å². The summed E-state index contributed by atoms with van der Waals surface area (Å²) < 4.78 is 0. The van der Waals surface area contributed by atoms with Crippen molar-refractivity contribution in [1.29, 1.82) is 0 Å². The maximum absolute atomic E-state index is 3.58. The van der Waals surface area contributed by atoms with Crippen molar-refractivity contribution >= 4 is 0 Å². The van der Waals surface area contributed by atoms with Gasteiger partial charge in [-0.1, -0.05) is 6.92 Å². The van der Waals surface area contributed by atoms with Crippen LogP contribution in [-0.2, 0) is 0 Å². The van der Waals surface area contributed by atoms with Gasteiger partial charge in [0.15, 0.2) is 0 Å². The highest BCUT2D eigenvalue weighted by atomic mass is 15.3. The molecule has 2 aliphatic rings. The normalized spacial score (nSPS) is 25.1. The predicted octanol–water partition coefficient (Wildman–Crippen LogP) is 1.40. The molecular formula is C14H29N3. The molecule has 1 aliphatic carbocycles. The van der Waals surface area contributed by atoms with Crippen LogP contribution in [0.25, 0.3) is 0 Å². The van der Waals surface area contributed by atoms with Gasteiger partial charge in [0.25, 0.3) is 0 Å². The number of piperazine rings is 1. The van der Waals surface area contributed by atoms with Gasteiger partial charge in [-0.3, -0.25) is 9.80 Å². The molecule has 0 bridgehead atoms. The third-order valence-corrected chi connectivity index (χ3v) is 4.36. The average Bonchev–Trinajstić information content (AvgIpc) is 3.18. The molecule has 1 atom stereocenters. The Hall–Kier alpha value is -0.120. The van der Waals surface area contributed by atoms with E-state index in [9.17, 15) is 0 Å². The van der Waals surface area contributed by atoms with Crippen LogP contribution in [0.2, 0.25) is 0 Å². The van der Waals surface area contributed by atoms with Crippen molar-refractivity contribution in [2.75, 3.05) is 45.8 Å². The molecule has 0 aromatic rings. The van der Waals surface area contributed by atoms with Crippen LogP contribution in [0.3, 0.4) is 0 Å². The minimum atomic E-state index is 0.769. The van der Waals surface area contributed by atoms with Crippen LogP contribution in [0.5, 0.6) is 0 Å². The predicted molar refractivity (Wildman–Crippen MR) is 73.4 cm³/mol. The van der Waals surface area contributed by atoms with E-state index < -0.39 is 0 Å². The summed E-state index contributed by atoms with van der Waals surface area (Å²) in [6.45, 7) is 13.4. The first kappa shape index (κ1) is 13.3. The molecule has 2 fully saturated rings. The van der Waals surface area contributed by atoms with E-state index in [4.69, 9.17) is 0 Å². The Morgan fingerprint density at radius 3 is 2.47 bits per heavy atom. The second-order valence-electron chi connectivity index (χ2n) is 5.78. The summed E-state index contributed by atoms with van der Waals surface area (Å²) in [6.07, 6.45) is 4.20. The zero-order valence-electron chi connectivity index (χ0n) is 11.6. The summed E-state index contributed by atoms with van der Waals surface area (Å²) in [5, 5.41) is 3.58. The second-order valence-corrected chi connectivity index (χ2v) is 5.78. The van der Waals surface area contributed by atoms with Crippen molar-refractivity contribution in [2.24, 2.45) is 5.92 Å². The fraction of sp³-hybridized carbons (Fsp3) is 1.00. The molecule has 0 radical (unpaired) electrons. The number of nitrogens with one attached hydrogen (secondary N) is 1. The van der Waals surface area contributed by atoms with Gasteiger partial charge in [0.2, 0.25) is 0 Å². The highest BCUT2D eigenvalue weighted by Gasteiger charge is 2.21. The monoisotopic (exact) mass is 239 g/mol. The number of hydrogen-bond acceptors (Lipinski definition) is 3. The van der Waals surface area contributed by atoms with Gasteiger partial charge >= 0.3 is 0 Å². The van der Waals surface area contributed by atoms with E-state index in [1.807, 2.05) is 0 Å². The standard InChI is InChI=1S/C14H29N3/c1-3-13(2)17-10-8-16(9-11-17)7-6-15-12-14-4-5-14/h13-15H,3-12H2,1-2H3. The molecule has 0 aromatic heterocycles. The molecule has 3 heteroatoms. The van der Waals surface area contributed by atoms with Gasteiger partial charge < -0.3 is 5.32 Å². The van der Waals surface area contributed by atoms with E-state index in [2.05, 4.69) is 29.0 Å². The maximum Gasteiger partial charge on any atom is 0.0113 e. The third kappa shape index (κ3) is 4.57. The molecular weight excluding hydrogens is 210 g/mol. The smallest absolute Gasteiger partial charge is 0.0113 e. The van der Waals surface area contributed by atoms with Gasteiger partial charge in [0.05, 0.1) is 0 Å². The molecule has 17 heavy (non-hydrogen) atoms. The minimum Gasteiger partial charge on any atom is -0.315 e. The van der Waals surface area contributed by atoms with Crippen molar-refractivity contribution in [2.45, 2.75) is 39.2 Å². The Morgan fingerprint density at radius 1 is 1.18 bits per heavy atom. The summed E-state index contributed by atoms with van der Waals surface area (Å²) in [4.78, 5) is 5.24. The molecule has 1 saturated carbocycles. The van der Waals surface area contributed by atoms with Gasteiger partial charge in [-0.2, -0.15) is 0 Å². The third-order valence-electron chi connectivity index (χ3n) is 4.36. The summed E-state index contributed by atoms with van der Waals surface area (Å²) in [6, 6.07) is 0.769. The highest BCUT2D eigenvalue weighted by Crippen LogP contribution is 2.27. The Morgan fingerprint density at radius 2 is 1.88 bits per heavy atom. The molecule has 100 valence electrons. The van der Waals surface area contributed by atoms with E-state index in [0.29, 0.717) is 0 Å². The van der Waals surface area contributed by atoms with E-state index in [0.717, 1.165) is 12.0 Å². The first-order chi connectivity index (χ1) is 8.29. The fourth-order valence-electron chi connectivity index (χ4n) is 2.55. The quantitative estimate of drug-likeness (QED) is 0.678. The van der Waals surface area contributed by atoms with Crippen molar-refractivity contribution in [3.05, 3.63) is 0 Å². The summed E-state index contributed by atoms with van der Waals surface area (Å²) in [5.74, 6) is 1.01. The Labute approximate surface area is 107 Å². The largest absolute Gasteiger partial charge is 0.315 e. The van der Waals surface area contributed by atoms with Crippen LogP contribution in [0.1, 0.15) is 33.1 Å². The lowest BCUT2D eigenvalue weighted by Crippen LogP contribution is -2.50. The molecule has 3 nitrogen and oxygen atoms in total. The molecule has 2 rings (SSSR count). The summed E-state index contributed by atoms with van der Waals surface area (Å²) >= 11 is 0. The SMILES string of the molecule is CCC(C)N1CCN(CCNCC2CC2)CC1. The fourth-order valence-corrected chi connectivity index (χ4v) is 2.55. The van der Waals surface area contributed by atoms with E-state index in [1.165, 1.54) is 65.1 Å². The van der Waals surface area contributed by atoms with Gasteiger partial charge in [0.1, 0.15) is 0 Å². The van der Waals surface area contributed by atoms with Crippen LogP contribution < -0.4 is 5.32 Å². The molecule has 1 heterocycles. The molecule has 1 saturated heterocycles. The van der Waals surface area contributed by atoms with Gasteiger partial charge in [-0.25, -0.2) is 0 Å². The van der Waals surface area contributed by atoms with Crippen molar-refractivity contribution in [3.8, 4) is 0 Å². The van der Waals surface area contributed by atoms with Gasteiger partial charge in [0, 0.05) is 45.3 Å². The molecule has 0 aromatic carbocycles. The molecule has 1 aliphatic heterocycles. The topological polar surface area (TPSA) is 18.5 Å². The van der Waals surface area contributed by atoms with Crippen LogP contribution in [0, 0.1) is 5.92 Å². The molecule has 0 spiro atoms. The lowest BCUT2D eigenvalue weighted by atomic mass is 10.2. The average molecular weight is 239 g/mol. The second kappa shape index (κ2) is 6.72. The summed E-state index contributed by atoms with van der Waals surface area (Å²) in [5.41, 5.74) is 0. The first-order valence-electron chi connectivity index (χ1n) is 7.46. The Kier molecular flexibility index (Phi) is 5.26. The van der Waals surface area contributed by atoms with Crippen LogP contribution in [0.15, 0.2) is 0 Å². The van der Waals surface area contributed by atoms with Gasteiger partial charge in [-0.15, -0.1) is 0 Å². The highest BCUT2D eigenvalue weighted by molar-refractivity contribution is 4.77. The van der Waals surface area contributed by atoms with E-state index >= 15 is 0 Å². The number of nitrogens with zero attached hydrogens (tertiary/aromatic N) is 2. The molecule has 0 amide bonds. The zero-order chi connectivity index (χ0) is 12.1. The van der Waals surface area contributed by atoms with Crippen LogP contribution >= 0.6 is 0 Å². The van der Waals surface area contributed by atoms with Crippen molar-refractivity contribution in [3.63, 3.8) is 0 Å². The number of rotatable bonds is 7. The molecule has 1 unspecified atom stereocenters. The molecule has 1 N–H and O–H groups in total. The zero-order valence-corrected chi connectivity index (χ0v) is 11.6. The van der Waals surface area contributed by atoms with Gasteiger partial charge in [-0.05, 0) is 38.6 Å². The van der Waals surface area contributed by atoms with Crippen molar-refractivity contribution < 1.29 is 0 Å². The van der Waals surface area contributed by atoms with Crippen molar-refractivity contribution in [1.82, 2.24) is 15.1 Å². The Balaban J connectivity index is 1.52. The minimum absolute atomic E-state index is 0.769. The maximum atomic E-state index is 3.58. The summed E-state index contributed by atoms with van der Waals surface area (Å²) in [7, 11) is 0. The van der Waals surface area contributed by atoms with Crippen LogP contribution in [0.4, 0.5) is 0 Å². The first-order valence-corrected chi connectivity index (χ1v) is 7.46. The van der Waals surface area contributed by atoms with E-state index in [-0.39, 0.29) is 0 Å². The lowest BCUT2D eigenvalue weighted by molar-refractivity contribution is 0.101.